The minimum Gasteiger partial charge on any atom is -0.497 e. The van der Waals surface area contributed by atoms with Crippen LogP contribution in [0, 0.1) is 23.2 Å². The number of carbonyl (C=O) groups excluding carboxylic acids is 1. The fourth-order valence-corrected chi connectivity index (χ4v) is 6.91. The number of methoxy groups -OCH3 is 1. The third-order valence-corrected chi connectivity index (χ3v) is 8.63. The number of fused-ring (bicyclic) bond motifs is 2. The maximum absolute atomic E-state index is 12.9. The van der Waals surface area contributed by atoms with Gasteiger partial charge in [-0.3, -0.25) is 9.69 Å². The summed E-state index contributed by atoms with van der Waals surface area (Å²) >= 11 is 0. The summed E-state index contributed by atoms with van der Waals surface area (Å²) in [6, 6.07) is 8.70. The molecule has 1 aromatic carbocycles. The number of esters is 1. The maximum atomic E-state index is 12.9. The summed E-state index contributed by atoms with van der Waals surface area (Å²) in [7, 11) is 1.71. The summed E-state index contributed by atoms with van der Waals surface area (Å²) in [5.41, 5.74) is 3.04. The zero-order valence-electron chi connectivity index (χ0n) is 20.0. The van der Waals surface area contributed by atoms with Crippen molar-refractivity contribution in [3.63, 3.8) is 0 Å². The first kappa shape index (κ1) is 21.8. The molecule has 4 aliphatic rings. The topological polar surface area (TPSA) is 42.0 Å². The Hall–Kier alpha value is -2.01. The zero-order chi connectivity index (χ0) is 22.5. The molecule has 32 heavy (non-hydrogen) atoms. The number of benzene rings is 1. The predicted molar refractivity (Wildman–Crippen MR) is 127 cm³/mol. The molecule has 5 nitrogen and oxygen atoms in total. The molecule has 0 bridgehead atoms. The molecule has 5 rings (SSSR count). The lowest BCUT2D eigenvalue weighted by Gasteiger charge is -2.46. The molecule has 0 amide bonds. The number of ether oxygens (including phenoxy) is 2. The van der Waals surface area contributed by atoms with E-state index in [2.05, 4.69) is 54.8 Å². The first-order valence-corrected chi connectivity index (χ1v) is 12.4. The lowest BCUT2D eigenvalue weighted by molar-refractivity contribution is -0.145. The number of piperazine rings is 1. The van der Waals surface area contributed by atoms with E-state index in [9.17, 15) is 4.79 Å². The van der Waals surface area contributed by atoms with Gasteiger partial charge in [0.15, 0.2) is 0 Å². The minimum absolute atomic E-state index is 0.0228. The first-order chi connectivity index (χ1) is 15.4. The van der Waals surface area contributed by atoms with E-state index in [1.807, 2.05) is 6.07 Å². The molecule has 2 aliphatic carbocycles. The molecule has 6 atom stereocenters. The molecule has 0 spiro atoms. The zero-order valence-corrected chi connectivity index (χ0v) is 20.0. The highest BCUT2D eigenvalue weighted by atomic mass is 16.6. The van der Waals surface area contributed by atoms with Crippen LogP contribution in [0.3, 0.4) is 0 Å². The van der Waals surface area contributed by atoms with Crippen LogP contribution in [0.25, 0.3) is 0 Å². The summed E-state index contributed by atoms with van der Waals surface area (Å²) in [5, 5.41) is 0. The Labute approximate surface area is 192 Å². The van der Waals surface area contributed by atoms with Crippen molar-refractivity contribution in [2.45, 2.75) is 58.6 Å². The van der Waals surface area contributed by atoms with Gasteiger partial charge in [-0.05, 0) is 49.7 Å². The number of nitrogens with zero attached hydrogens (tertiary/aromatic N) is 2. The second-order valence-corrected chi connectivity index (χ2v) is 10.8. The number of rotatable bonds is 4. The monoisotopic (exact) mass is 438 g/mol. The molecule has 174 valence electrons. The number of anilines is 1. The second kappa shape index (κ2) is 8.40. The van der Waals surface area contributed by atoms with Gasteiger partial charge in [-0.15, -0.1) is 0 Å². The van der Waals surface area contributed by atoms with Crippen LogP contribution in [0.4, 0.5) is 5.69 Å². The Morgan fingerprint density at radius 3 is 2.88 bits per heavy atom. The van der Waals surface area contributed by atoms with Crippen LogP contribution in [-0.2, 0) is 9.53 Å². The first-order valence-electron chi connectivity index (χ1n) is 12.4. The van der Waals surface area contributed by atoms with Crippen molar-refractivity contribution in [2.24, 2.45) is 23.2 Å². The van der Waals surface area contributed by atoms with E-state index in [-0.39, 0.29) is 29.3 Å². The van der Waals surface area contributed by atoms with Gasteiger partial charge in [-0.1, -0.05) is 38.0 Å². The molecule has 3 fully saturated rings. The largest absolute Gasteiger partial charge is 0.497 e. The van der Waals surface area contributed by atoms with E-state index in [1.165, 1.54) is 24.9 Å². The lowest BCUT2D eigenvalue weighted by atomic mass is 9.59. The van der Waals surface area contributed by atoms with Gasteiger partial charge in [0.25, 0.3) is 0 Å². The van der Waals surface area contributed by atoms with Crippen molar-refractivity contribution in [3.8, 4) is 5.75 Å². The average molecular weight is 439 g/mol. The fourth-order valence-electron chi connectivity index (χ4n) is 6.91. The summed E-state index contributed by atoms with van der Waals surface area (Å²) in [6.45, 7) is 10.7. The van der Waals surface area contributed by atoms with E-state index < -0.39 is 0 Å². The molecule has 0 aromatic heterocycles. The maximum Gasteiger partial charge on any atom is 0.311 e. The Morgan fingerprint density at radius 1 is 1.25 bits per heavy atom. The number of carbonyl (C=O) groups is 1. The third kappa shape index (κ3) is 3.83. The van der Waals surface area contributed by atoms with Gasteiger partial charge in [-0.2, -0.15) is 0 Å². The van der Waals surface area contributed by atoms with Gasteiger partial charge in [0.05, 0.1) is 13.0 Å². The summed E-state index contributed by atoms with van der Waals surface area (Å²) in [6.07, 6.45) is 7.36. The standard InChI is InChI=1S/C27H38N2O3/c1-18-7-6-10-27(3)15-25-22(14-24(18)27)23(26(30)32-25)17-28-11-12-29(19(2)16-28)20-8-5-9-21(13-20)31-4/h5,8-9,13-14,18-19,22-23,25H,6-7,10-12,15-17H2,1-4H3/t18-,19-,22+,23-,25+,27+/m0/s1. The van der Waals surface area contributed by atoms with Crippen LogP contribution < -0.4 is 9.64 Å². The van der Waals surface area contributed by atoms with Gasteiger partial charge in [-0.25, -0.2) is 0 Å². The van der Waals surface area contributed by atoms with Crippen molar-refractivity contribution in [3.05, 3.63) is 35.9 Å². The van der Waals surface area contributed by atoms with E-state index in [4.69, 9.17) is 9.47 Å². The molecular formula is C27H38N2O3. The Kier molecular flexibility index (Phi) is 5.73. The lowest BCUT2D eigenvalue weighted by Crippen LogP contribution is -2.53. The van der Waals surface area contributed by atoms with Gasteiger partial charge >= 0.3 is 5.97 Å². The van der Waals surface area contributed by atoms with Gasteiger partial charge in [0.2, 0.25) is 0 Å². The third-order valence-electron chi connectivity index (χ3n) is 8.63. The minimum atomic E-state index is -0.0262. The molecule has 0 radical (unpaired) electrons. The predicted octanol–water partition coefficient (Wildman–Crippen LogP) is 4.52. The van der Waals surface area contributed by atoms with E-state index in [1.54, 1.807) is 12.7 Å². The number of hydrogen-bond acceptors (Lipinski definition) is 5. The number of hydrogen-bond donors (Lipinski definition) is 0. The van der Waals surface area contributed by atoms with Crippen molar-refractivity contribution >= 4 is 11.7 Å². The highest BCUT2D eigenvalue weighted by molar-refractivity contribution is 5.76. The average Bonchev–Trinajstić information content (AvgIpc) is 3.06. The van der Waals surface area contributed by atoms with Gasteiger partial charge < -0.3 is 14.4 Å². The molecule has 0 unspecified atom stereocenters. The smallest absolute Gasteiger partial charge is 0.311 e. The molecule has 5 heteroatoms. The molecule has 2 aliphatic heterocycles. The Bertz CT molecular complexity index is 899. The van der Waals surface area contributed by atoms with Gasteiger partial charge in [0.1, 0.15) is 11.9 Å². The van der Waals surface area contributed by atoms with Crippen LogP contribution in [0.5, 0.6) is 5.75 Å². The fraction of sp³-hybridized carbons (Fsp3) is 0.667. The Balaban J connectivity index is 1.28. The van der Waals surface area contributed by atoms with E-state index in [0.717, 1.165) is 38.3 Å². The molecular weight excluding hydrogens is 400 g/mol. The summed E-state index contributed by atoms with van der Waals surface area (Å²) in [4.78, 5) is 17.9. The van der Waals surface area contributed by atoms with E-state index >= 15 is 0 Å². The summed E-state index contributed by atoms with van der Waals surface area (Å²) < 4.78 is 11.4. The Morgan fingerprint density at radius 2 is 2.09 bits per heavy atom. The molecule has 2 heterocycles. The summed E-state index contributed by atoms with van der Waals surface area (Å²) in [5.74, 6) is 1.78. The number of allylic oxidation sites excluding steroid dienone is 1. The quantitative estimate of drug-likeness (QED) is 0.511. The van der Waals surface area contributed by atoms with Crippen molar-refractivity contribution < 1.29 is 14.3 Å². The second-order valence-electron chi connectivity index (χ2n) is 10.8. The van der Waals surface area contributed by atoms with Crippen molar-refractivity contribution in [1.29, 1.82) is 0 Å². The van der Waals surface area contributed by atoms with Crippen LogP contribution in [0.2, 0.25) is 0 Å². The van der Waals surface area contributed by atoms with Gasteiger partial charge in [0, 0.05) is 49.9 Å². The van der Waals surface area contributed by atoms with Crippen molar-refractivity contribution in [1.82, 2.24) is 4.90 Å². The molecule has 0 N–H and O–H groups in total. The molecule has 1 saturated carbocycles. The highest BCUT2D eigenvalue weighted by Gasteiger charge is 2.52. The van der Waals surface area contributed by atoms with Crippen molar-refractivity contribution in [2.75, 3.05) is 38.2 Å². The highest BCUT2D eigenvalue weighted by Crippen LogP contribution is 2.54. The van der Waals surface area contributed by atoms with Crippen LogP contribution in [0.1, 0.15) is 46.5 Å². The van der Waals surface area contributed by atoms with Crippen LogP contribution in [0.15, 0.2) is 35.9 Å². The van der Waals surface area contributed by atoms with Crippen LogP contribution >= 0.6 is 0 Å². The SMILES string of the molecule is COc1cccc(N2CCN(C[C@@H]3C(=O)O[C@@H]4C[C@@]5(C)CCC[C@H](C)C5=C[C@H]34)C[C@@H]2C)c1. The molecule has 1 aromatic rings. The van der Waals surface area contributed by atoms with E-state index in [0.29, 0.717) is 12.0 Å². The molecule has 2 saturated heterocycles. The van der Waals surface area contributed by atoms with Crippen LogP contribution in [-0.4, -0.2) is 56.3 Å². The normalized spacial score (nSPS) is 37.4.